The molecule has 2 amide bonds. The van der Waals surface area contributed by atoms with Gasteiger partial charge in [-0.2, -0.15) is 0 Å². The highest BCUT2D eigenvalue weighted by molar-refractivity contribution is 6.09. The van der Waals surface area contributed by atoms with Gasteiger partial charge in [0.2, 0.25) is 11.8 Å². The van der Waals surface area contributed by atoms with Gasteiger partial charge in [-0.25, -0.2) is 0 Å². The first-order chi connectivity index (χ1) is 10.5. The molecule has 0 fully saturated rings. The van der Waals surface area contributed by atoms with Gasteiger partial charge in [-0.15, -0.1) is 0 Å². The van der Waals surface area contributed by atoms with Gasteiger partial charge in [0, 0.05) is 0 Å². The number of benzene rings is 1. The molecule has 120 valence electrons. The molecule has 1 atom stereocenters. The fourth-order valence-corrected chi connectivity index (χ4v) is 2.67. The lowest BCUT2D eigenvalue weighted by molar-refractivity contribution is -0.123. The molecule has 0 bridgehead atoms. The summed E-state index contributed by atoms with van der Waals surface area (Å²) in [5.74, 6) is 0.323. The van der Waals surface area contributed by atoms with Crippen LogP contribution < -0.4 is 10.2 Å². The van der Waals surface area contributed by atoms with E-state index >= 15 is 0 Å². The van der Waals surface area contributed by atoms with Crippen LogP contribution in [0.15, 0.2) is 24.3 Å². The predicted octanol–water partition coefficient (Wildman–Crippen LogP) is 2.81. The number of ether oxygens (including phenoxy) is 1. The van der Waals surface area contributed by atoms with Crippen LogP contribution in [0.3, 0.4) is 0 Å². The van der Waals surface area contributed by atoms with Crippen molar-refractivity contribution in [3.63, 3.8) is 0 Å². The molecule has 0 radical (unpaired) electrons. The van der Waals surface area contributed by atoms with Gasteiger partial charge in [0.25, 0.3) is 0 Å². The number of hydrogen-bond donors (Lipinski definition) is 1. The van der Waals surface area contributed by atoms with Crippen molar-refractivity contribution < 1.29 is 14.3 Å². The van der Waals surface area contributed by atoms with E-state index in [1.807, 2.05) is 25.1 Å². The number of amides is 2. The van der Waals surface area contributed by atoms with E-state index in [1.54, 1.807) is 6.07 Å². The summed E-state index contributed by atoms with van der Waals surface area (Å²) in [6, 6.07) is 7.34. The molecule has 0 spiro atoms. The molecule has 1 N–H and O–H groups in total. The average Bonchev–Trinajstić information content (AvgIpc) is 2.45. The van der Waals surface area contributed by atoms with Crippen molar-refractivity contribution in [2.24, 2.45) is 5.92 Å². The van der Waals surface area contributed by atoms with Gasteiger partial charge >= 0.3 is 0 Å². The van der Waals surface area contributed by atoms with E-state index in [1.165, 1.54) is 4.90 Å². The van der Waals surface area contributed by atoms with Gasteiger partial charge in [0.1, 0.15) is 6.54 Å². The number of anilines is 2. The Morgan fingerprint density at radius 2 is 2.05 bits per heavy atom. The van der Waals surface area contributed by atoms with E-state index in [2.05, 4.69) is 19.2 Å². The van der Waals surface area contributed by atoms with Gasteiger partial charge in [-0.05, 0) is 31.4 Å². The van der Waals surface area contributed by atoms with Crippen LogP contribution in [0.4, 0.5) is 11.4 Å². The molecule has 5 heteroatoms. The van der Waals surface area contributed by atoms with Crippen LogP contribution >= 0.6 is 0 Å². The highest BCUT2D eigenvalue weighted by Gasteiger charge is 2.26. The van der Waals surface area contributed by atoms with Crippen molar-refractivity contribution in [3.05, 3.63) is 24.3 Å². The van der Waals surface area contributed by atoms with Crippen LogP contribution in [-0.2, 0) is 14.3 Å². The summed E-state index contributed by atoms with van der Waals surface area (Å²) < 4.78 is 5.68. The van der Waals surface area contributed by atoms with Crippen LogP contribution in [0.5, 0.6) is 0 Å². The Hall–Kier alpha value is -1.88. The largest absolute Gasteiger partial charge is 0.378 e. The maximum absolute atomic E-state index is 12.4. The summed E-state index contributed by atoms with van der Waals surface area (Å²) in [6.45, 7) is 6.76. The minimum absolute atomic E-state index is 0.0669. The predicted molar refractivity (Wildman–Crippen MR) is 86.9 cm³/mol. The number of nitrogens with zero attached hydrogens (tertiary/aromatic N) is 1. The monoisotopic (exact) mass is 304 g/mol. The second-order valence-corrected chi connectivity index (χ2v) is 6.11. The topological polar surface area (TPSA) is 58.6 Å². The van der Waals surface area contributed by atoms with Crippen LogP contribution in [0.1, 0.15) is 33.6 Å². The Balaban J connectivity index is 1.91. The maximum Gasteiger partial charge on any atom is 0.244 e. The molecule has 0 aliphatic carbocycles. The Labute approximate surface area is 131 Å². The molecule has 2 rings (SSSR count). The number of carbonyl (C=O) groups is 2. The van der Waals surface area contributed by atoms with E-state index in [0.29, 0.717) is 18.2 Å². The third-order valence-corrected chi connectivity index (χ3v) is 3.59. The third kappa shape index (κ3) is 4.31. The molecular weight excluding hydrogens is 280 g/mol. The Bertz CT molecular complexity index is 542. The molecule has 1 aliphatic heterocycles. The van der Waals surface area contributed by atoms with E-state index < -0.39 is 0 Å². The lowest BCUT2D eigenvalue weighted by Crippen LogP contribution is -2.42. The summed E-state index contributed by atoms with van der Waals surface area (Å²) in [5, 5.41) is 2.78. The van der Waals surface area contributed by atoms with Crippen LogP contribution in [0.25, 0.3) is 0 Å². The molecule has 1 aromatic rings. The molecule has 0 aromatic heterocycles. The van der Waals surface area contributed by atoms with Crippen molar-refractivity contribution >= 4 is 23.2 Å². The molecule has 1 aliphatic rings. The summed E-state index contributed by atoms with van der Waals surface area (Å²) in [7, 11) is 0. The molecule has 0 unspecified atom stereocenters. The van der Waals surface area contributed by atoms with Gasteiger partial charge in [0.15, 0.2) is 0 Å². The van der Waals surface area contributed by atoms with Gasteiger partial charge in [-0.3, -0.25) is 9.59 Å². The Morgan fingerprint density at radius 1 is 1.32 bits per heavy atom. The van der Waals surface area contributed by atoms with Crippen LogP contribution in [0.2, 0.25) is 0 Å². The van der Waals surface area contributed by atoms with Crippen molar-refractivity contribution in [2.75, 3.05) is 23.4 Å². The summed E-state index contributed by atoms with van der Waals surface area (Å²) in [5.41, 5.74) is 1.43. The molecule has 1 aromatic carbocycles. The van der Waals surface area contributed by atoms with Crippen molar-refractivity contribution in [1.82, 2.24) is 0 Å². The minimum Gasteiger partial charge on any atom is -0.378 e. The van der Waals surface area contributed by atoms with E-state index in [4.69, 9.17) is 4.74 Å². The Morgan fingerprint density at radius 3 is 2.77 bits per heavy atom. The SMILES string of the molecule is CC(C)C[C@@H](C)OCCC(=O)N1CC(=O)Nc2ccccc21. The van der Waals surface area contributed by atoms with Crippen molar-refractivity contribution in [3.8, 4) is 0 Å². The number of para-hydroxylation sites is 2. The number of rotatable bonds is 6. The first kappa shape index (κ1) is 16.5. The first-order valence-electron chi connectivity index (χ1n) is 7.78. The second-order valence-electron chi connectivity index (χ2n) is 6.11. The van der Waals surface area contributed by atoms with Gasteiger partial charge in [0.05, 0.1) is 30.5 Å². The highest BCUT2D eigenvalue weighted by Crippen LogP contribution is 2.29. The van der Waals surface area contributed by atoms with Crippen molar-refractivity contribution in [1.29, 1.82) is 0 Å². The normalized spacial score (nSPS) is 15.5. The van der Waals surface area contributed by atoms with Gasteiger partial charge in [-0.1, -0.05) is 26.0 Å². The maximum atomic E-state index is 12.4. The summed E-state index contributed by atoms with van der Waals surface area (Å²) in [4.78, 5) is 25.6. The van der Waals surface area contributed by atoms with E-state index in [0.717, 1.165) is 12.1 Å². The average molecular weight is 304 g/mol. The van der Waals surface area contributed by atoms with Crippen LogP contribution in [-0.4, -0.2) is 31.1 Å². The number of hydrogen-bond acceptors (Lipinski definition) is 3. The zero-order valence-electron chi connectivity index (χ0n) is 13.5. The number of carbonyl (C=O) groups excluding carboxylic acids is 2. The smallest absolute Gasteiger partial charge is 0.244 e. The van der Waals surface area contributed by atoms with Crippen LogP contribution in [0, 0.1) is 5.92 Å². The van der Waals surface area contributed by atoms with E-state index in [9.17, 15) is 9.59 Å². The first-order valence-corrected chi connectivity index (χ1v) is 7.78. The highest BCUT2D eigenvalue weighted by atomic mass is 16.5. The fourth-order valence-electron chi connectivity index (χ4n) is 2.67. The second kappa shape index (κ2) is 7.40. The molecular formula is C17H24N2O3. The zero-order chi connectivity index (χ0) is 16.1. The lowest BCUT2D eigenvalue weighted by Gasteiger charge is -2.29. The quantitative estimate of drug-likeness (QED) is 0.879. The third-order valence-electron chi connectivity index (χ3n) is 3.59. The molecule has 5 nitrogen and oxygen atoms in total. The molecule has 0 saturated carbocycles. The Kier molecular flexibility index (Phi) is 5.55. The molecule has 22 heavy (non-hydrogen) atoms. The van der Waals surface area contributed by atoms with Crippen molar-refractivity contribution in [2.45, 2.75) is 39.7 Å². The number of fused-ring (bicyclic) bond motifs is 1. The van der Waals surface area contributed by atoms with E-state index in [-0.39, 0.29) is 30.9 Å². The fraction of sp³-hybridized carbons (Fsp3) is 0.529. The van der Waals surface area contributed by atoms with Gasteiger partial charge < -0.3 is 15.0 Å². The molecule has 1 heterocycles. The summed E-state index contributed by atoms with van der Waals surface area (Å²) >= 11 is 0. The zero-order valence-corrected chi connectivity index (χ0v) is 13.5. The minimum atomic E-state index is -0.166. The standard InChI is InChI=1S/C17H24N2O3/c1-12(2)10-13(3)22-9-8-17(21)19-11-16(20)18-14-6-4-5-7-15(14)19/h4-7,12-13H,8-11H2,1-3H3,(H,18,20)/t13-/m1/s1. The number of nitrogens with one attached hydrogen (secondary N) is 1. The lowest BCUT2D eigenvalue weighted by atomic mass is 10.1. The molecule has 0 saturated heterocycles. The summed E-state index contributed by atoms with van der Waals surface area (Å²) in [6.07, 6.45) is 1.40.